The van der Waals surface area contributed by atoms with Crippen LogP contribution in [-0.4, -0.2) is 43.8 Å². The first kappa shape index (κ1) is 28.2. The van der Waals surface area contributed by atoms with E-state index in [1.807, 2.05) is 13.0 Å². The number of thiophene rings is 1. The molecule has 0 atom stereocenters. The summed E-state index contributed by atoms with van der Waals surface area (Å²) in [6.45, 7) is 7.02. The number of sulfone groups is 1. The van der Waals surface area contributed by atoms with E-state index in [4.69, 9.17) is 4.74 Å². The van der Waals surface area contributed by atoms with E-state index in [0.717, 1.165) is 5.56 Å². The first-order valence-corrected chi connectivity index (χ1v) is 14.5. The maximum Gasteiger partial charge on any atom is 0.428 e. The first-order chi connectivity index (χ1) is 17.3. The normalized spacial score (nSPS) is 11.9. The second kappa shape index (κ2) is 11.4. The minimum absolute atomic E-state index is 0.0676. The van der Waals surface area contributed by atoms with Gasteiger partial charge in [0.2, 0.25) is 9.84 Å². The Morgan fingerprint density at radius 2 is 1.84 bits per heavy atom. The van der Waals surface area contributed by atoms with Gasteiger partial charge in [-0.1, -0.05) is 24.3 Å². The van der Waals surface area contributed by atoms with E-state index in [-0.39, 0.29) is 9.79 Å². The van der Waals surface area contributed by atoms with Gasteiger partial charge in [0.15, 0.2) is 0 Å². The van der Waals surface area contributed by atoms with E-state index in [1.165, 1.54) is 47.5 Å². The number of carboxylic acid groups (broad SMARTS) is 1. The molecule has 0 fully saturated rings. The van der Waals surface area contributed by atoms with Crippen LogP contribution < -0.4 is 10.7 Å². The van der Waals surface area contributed by atoms with Crippen LogP contribution in [0.3, 0.4) is 0 Å². The average Bonchev–Trinajstić information content (AvgIpc) is 3.22. The molecule has 0 aliphatic heterocycles. The molecular formula is C25H27N3O6S3. The second-order valence-electron chi connectivity index (χ2n) is 8.84. The third kappa shape index (κ3) is 7.12. The summed E-state index contributed by atoms with van der Waals surface area (Å²) in [5.41, 5.74) is 3.90. The number of thioether (sulfide) groups is 1. The Balaban J connectivity index is 1.95. The Labute approximate surface area is 223 Å². The lowest BCUT2D eigenvalue weighted by molar-refractivity contribution is 0.0529. The molecule has 9 nitrogen and oxygen atoms in total. The van der Waals surface area contributed by atoms with Gasteiger partial charge in [0.25, 0.3) is 0 Å². The number of benzene rings is 2. The molecule has 0 spiro atoms. The van der Waals surface area contributed by atoms with Crippen molar-refractivity contribution >= 4 is 57.0 Å². The molecule has 2 amide bonds. The van der Waals surface area contributed by atoms with Crippen LogP contribution in [0, 0.1) is 6.92 Å². The monoisotopic (exact) mass is 561 g/mol. The maximum absolute atomic E-state index is 13.6. The number of nitrogens with zero attached hydrogens (tertiary/aromatic N) is 1. The zero-order valence-electron chi connectivity index (χ0n) is 20.9. The highest BCUT2D eigenvalue weighted by atomic mass is 32.2. The Morgan fingerprint density at radius 3 is 2.49 bits per heavy atom. The van der Waals surface area contributed by atoms with Crippen LogP contribution in [0.5, 0.6) is 0 Å². The highest BCUT2D eigenvalue weighted by molar-refractivity contribution is 8.01. The van der Waals surface area contributed by atoms with Crippen LogP contribution in [0.2, 0.25) is 0 Å². The molecule has 0 aliphatic rings. The Kier molecular flexibility index (Phi) is 8.67. The lowest BCUT2D eigenvalue weighted by Crippen LogP contribution is -2.29. The highest BCUT2D eigenvalue weighted by Gasteiger charge is 2.25. The van der Waals surface area contributed by atoms with Crippen LogP contribution in [0.1, 0.15) is 31.2 Å². The van der Waals surface area contributed by atoms with E-state index < -0.39 is 27.6 Å². The molecule has 0 saturated carbocycles. The fourth-order valence-electron chi connectivity index (χ4n) is 3.43. The number of ether oxygens (including phenoxy) is 1. The standard InChI is InChI=1S/C25H27N3O6S3/c1-15-8-6-11-19(27-23(29)30)21(15)16-9-7-10-18(12-16)37(32,33)20-13-17(36-22(20)35-5)14-26-28-24(31)34-25(2,3)4/h6-14,27H,1-5H3,(H,28,31)(H,29,30). The lowest BCUT2D eigenvalue weighted by atomic mass is 9.98. The third-order valence-corrected chi connectivity index (χ3v) is 9.09. The minimum atomic E-state index is -3.93. The van der Waals surface area contributed by atoms with E-state index in [0.29, 0.717) is 25.9 Å². The minimum Gasteiger partial charge on any atom is -0.465 e. The molecule has 3 N–H and O–H groups in total. The lowest BCUT2D eigenvalue weighted by Gasteiger charge is -2.18. The fraction of sp³-hybridized carbons (Fsp3) is 0.240. The molecule has 3 rings (SSSR count). The van der Waals surface area contributed by atoms with Gasteiger partial charge in [-0.25, -0.2) is 23.4 Å². The van der Waals surface area contributed by atoms with Gasteiger partial charge in [-0.3, -0.25) is 5.32 Å². The number of carbonyl (C=O) groups excluding carboxylic acids is 1. The number of nitrogens with one attached hydrogen (secondary N) is 2. The molecule has 3 aromatic rings. The fourth-order valence-corrected chi connectivity index (χ4v) is 7.37. The van der Waals surface area contributed by atoms with Gasteiger partial charge in [-0.15, -0.1) is 23.1 Å². The molecule has 37 heavy (non-hydrogen) atoms. The Morgan fingerprint density at radius 1 is 1.14 bits per heavy atom. The van der Waals surface area contributed by atoms with Crippen molar-refractivity contribution in [3.63, 3.8) is 0 Å². The number of aryl methyl sites for hydroxylation is 1. The highest BCUT2D eigenvalue weighted by Crippen LogP contribution is 2.38. The third-order valence-electron chi connectivity index (χ3n) is 4.85. The Bertz CT molecular complexity index is 1460. The molecule has 2 aromatic carbocycles. The molecule has 1 heterocycles. The molecule has 0 unspecified atom stereocenters. The van der Waals surface area contributed by atoms with Gasteiger partial charge < -0.3 is 9.84 Å². The first-order valence-electron chi connectivity index (χ1n) is 11.0. The number of carbonyl (C=O) groups is 2. The summed E-state index contributed by atoms with van der Waals surface area (Å²) >= 11 is 2.51. The second-order valence-corrected chi connectivity index (χ2v) is 12.9. The van der Waals surface area contributed by atoms with E-state index >= 15 is 0 Å². The van der Waals surface area contributed by atoms with Crippen LogP contribution in [0.25, 0.3) is 11.1 Å². The quantitative estimate of drug-likeness (QED) is 0.177. The summed E-state index contributed by atoms with van der Waals surface area (Å²) in [6, 6.07) is 13.1. The van der Waals surface area contributed by atoms with Gasteiger partial charge in [0, 0.05) is 10.4 Å². The van der Waals surface area contributed by atoms with Gasteiger partial charge in [-0.2, -0.15) is 5.10 Å². The van der Waals surface area contributed by atoms with Crippen molar-refractivity contribution < 1.29 is 27.9 Å². The van der Waals surface area contributed by atoms with Crippen molar-refractivity contribution in [1.29, 1.82) is 0 Å². The van der Waals surface area contributed by atoms with Crippen LogP contribution in [-0.2, 0) is 14.6 Å². The number of hydrazone groups is 1. The zero-order chi connectivity index (χ0) is 27.4. The zero-order valence-corrected chi connectivity index (χ0v) is 23.3. The van der Waals surface area contributed by atoms with Crippen molar-refractivity contribution in [2.24, 2.45) is 5.10 Å². The molecule has 0 bridgehead atoms. The smallest absolute Gasteiger partial charge is 0.428 e. The Hall–Kier alpha value is -3.35. The van der Waals surface area contributed by atoms with Gasteiger partial charge in [0.1, 0.15) is 5.60 Å². The van der Waals surface area contributed by atoms with E-state index in [2.05, 4.69) is 15.8 Å². The number of hydrogen-bond donors (Lipinski definition) is 3. The number of anilines is 1. The molecule has 196 valence electrons. The van der Waals surface area contributed by atoms with Crippen molar-refractivity contribution in [1.82, 2.24) is 5.43 Å². The molecular weight excluding hydrogens is 534 g/mol. The molecule has 0 radical (unpaired) electrons. The number of amides is 2. The van der Waals surface area contributed by atoms with Crippen LogP contribution >= 0.6 is 23.1 Å². The van der Waals surface area contributed by atoms with E-state index in [1.54, 1.807) is 51.3 Å². The van der Waals surface area contributed by atoms with Gasteiger partial charge in [-0.05, 0) is 69.3 Å². The number of hydrogen-bond acceptors (Lipinski definition) is 8. The summed E-state index contributed by atoms with van der Waals surface area (Å²) in [5, 5.41) is 15.5. The van der Waals surface area contributed by atoms with E-state index in [9.17, 15) is 23.1 Å². The molecule has 12 heteroatoms. The summed E-state index contributed by atoms with van der Waals surface area (Å²) in [7, 11) is -3.93. The predicted octanol–water partition coefficient (Wildman–Crippen LogP) is 6.23. The largest absolute Gasteiger partial charge is 0.465 e. The summed E-state index contributed by atoms with van der Waals surface area (Å²) in [6.07, 6.45) is 1.20. The van der Waals surface area contributed by atoms with Crippen molar-refractivity contribution in [3.05, 3.63) is 59.0 Å². The maximum atomic E-state index is 13.6. The van der Waals surface area contributed by atoms with Crippen LogP contribution in [0.15, 0.2) is 67.6 Å². The summed E-state index contributed by atoms with van der Waals surface area (Å²) in [4.78, 5) is 23.8. The summed E-state index contributed by atoms with van der Waals surface area (Å²) in [5.74, 6) is 0. The van der Waals surface area contributed by atoms with Crippen molar-refractivity contribution in [2.75, 3.05) is 11.6 Å². The predicted molar refractivity (Wildman–Crippen MR) is 147 cm³/mol. The van der Waals surface area contributed by atoms with Crippen LogP contribution in [0.4, 0.5) is 15.3 Å². The molecule has 1 aromatic heterocycles. The van der Waals surface area contributed by atoms with Gasteiger partial charge >= 0.3 is 12.2 Å². The topological polar surface area (TPSA) is 134 Å². The SMILES string of the molecule is CSc1sc(C=NNC(=O)OC(C)(C)C)cc1S(=O)(=O)c1cccc(-c2c(C)cccc2NC(=O)O)c1. The molecule has 0 saturated heterocycles. The summed E-state index contributed by atoms with van der Waals surface area (Å²) < 4.78 is 33.0. The van der Waals surface area contributed by atoms with Crippen molar-refractivity contribution in [3.8, 4) is 11.1 Å². The average molecular weight is 562 g/mol. The van der Waals surface area contributed by atoms with Gasteiger partial charge in [0.05, 0.1) is 25.9 Å². The number of rotatable bonds is 7. The molecule has 0 aliphatic carbocycles. The van der Waals surface area contributed by atoms with Crippen molar-refractivity contribution in [2.45, 2.75) is 47.3 Å².